The zero-order valence-corrected chi connectivity index (χ0v) is 12.4. The van der Waals surface area contributed by atoms with Crippen LogP contribution in [0.4, 0.5) is 0 Å². The monoisotopic (exact) mass is 269 g/mol. The number of hydrogen-bond acceptors (Lipinski definition) is 4. The van der Waals surface area contributed by atoms with Crippen LogP contribution in [0.5, 0.6) is 0 Å². The summed E-state index contributed by atoms with van der Waals surface area (Å²) in [5.74, 6) is 0.759. The van der Waals surface area contributed by atoms with E-state index in [0.29, 0.717) is 0 Å². The molecule has 0 aromatic heterocycles. The maximum atomic E-state index is 12.1. The van der Waals surface area contributed by atoms with Crippen LogP contribution in [0.15, 0.2) is 0 Å². The Bertz CT molecular complexity index is 315. The molecule has 0 spiro atoms. The molecule has 19 heavy (non-hydrogen) atoms. The van der Waals surface area contributed by atoms with Crippen molar-refractivity contribution in [2.24, 2.45) is 5.92 Å². The summed E-state index contributed by atoms with van der Waals surface area (Å²) in [7, 11) is 1.47. The first kappa shape index (κ1) is 14.8. The van der Waals surface area contributed by atoms with Crippen molar-refractivity contribution in [3.05, 3.63) is 0 Å². The fourth-order valence-electron chi connectivity index (χ4n) is 3.07. The minimum Gasteiger partial charge on any atom is -0.468 e. The van der Waals surface area contributed by atoms with Crippen molar-refractivity contribution in [3.8, 4) is 0 Å². The molecule has 4 nitrogen and oxygen atoms in total. The summed E-state index contributed by atoms with van der Waals surface area (Å²) in [6.07, 6.45) is 6.61. The van der Waals surface area contributed by atoms with Gasteiger partial charge in [0.05, 0.1) is 13.2 Å². The maximum Gasteiger partial charge on any atom is 0.326 e. The van der Waals surface area contributed by atoms with Crippen LogP contribution in [-0.4, -0.2) is 37.4 Å². The van der Waals surface area contributed by atoms with E-state index >= 15 is 0 Å². The van der Waals surface area contributed by atoms with Gasteiger partial charge in [0.2, 0.25) is 0 Å². The summed E-state index contributed by atoms with van der Waals surface area (Å²) in [5, 5.41) is 3.39. The molecule has 0 amide bonds. The Hall–Kier alpha value is -0.610. The molecule has 0 bridgehead atoms. The molecule has 2 rings (SSSR count). The van der Waals surface area contributed by atoms with Gasteiger partial charge in [0.1, 0.15) is 5.54 Å². The number of esters is 1. The Kier molecular flexibility index (Phi) is 4.85. The van der Waals surface area contributed by atoms with Crippen molar-refractivity contribution >= 4 is 5.97 Å². The first-order chi connectivity index (χ1) is 9.05. The highest BCUT2D eigenvalue weighted by Gasteiger charge is 2.47. The van der Waals surface area contributed by atoms with Crippen LogP contribution in [0.1, 0.15) is 52.4 Å². The second kappa shape index (κ2) is 6.23. The summed E-state index contributed by atoms with van der Waals surface area (Å²) < 4.78 is 10.9. The number of ether oxygens (including phenoxy) is 2. The lowest BCUT2D eigenvalue weighted by Crippen LogP contribution is -2.53. The van der Waals surface area contributed by atoms with Gasteiger partial charge in [-0.25, -0.2) is 0 Å². The average molecular weight is 269 g/mol. The third-order valence-electron chi connectivity index (χ3n) is 4.19. The Morgan fingerprint density at radius 1 is 1.37 bits per heavy atom. The Morgan fingerprint density at radius 2 is 2.11 bits per heavy atom. The topological polar surface area (TPSA) is 47.6 Å². The smallest absolute Gasteiger partial charge is 0.326 e. The summed E-state index contributed by atoms with van der Waals surface area (Å²) in [6, 6.07) is 0.268. The van der Waals surface area contributed by atoms with Gasteiger partial charge in [0.25, 0.3) is 0 Å². The van der Waals surface area contributed by atoms with Crippen LogP contribution in [0, 0.1) is 5.92 Å². The van der Waals surface area contributed by atoms with Gasteiger partial charge < -0.3 is 9.47 Å². The Morgan fingerprint density at radius 3 is 2.68 bits per heavy atom. The standard InChI is InChI=1S/C15H27NO3/c1-11(2)16-15(14(17)18-3)8-6-13(10-15)19-9-7-12-4-5-12/h11-13,16H,4-10H2,1-3H3. The van der Waals surface area contributed by atoms with Gasteiger partial charge in [0.15, 0.2) is 0 Å². The van der Waals surface area contributed by atoms with E-state index in [1.807, 2.05) is 0 Å². The average Bonchev–Trinajstić information content (AvgIpc) is 3.09. The lowest BCUT2D eigenvalue weighted by atomic mass is 9.96. The van der Waals surface area contributed by atoms with Gasteiger partial charge in [-0.05, 0) is 39.0 Å². The molecule has 0 aromatic carbocycles. The van der Waals surface area contributed by atoms with E-state index in [1.54, 1.807) is 0 Å². The SMILES string of the molecule is COC(=O)C1(NC(C)C)CCC(OCCC2CC2)C1. The second-order valence-electron chi connectivity index (χ2n) is 6.34. The van der Waals surface area contributed by atoms with E-state index < -0.39 is 5.54 Å². The van der Waals surface area contributed by atoms with E-state index in [1.165, 1.54) is 26.4 Å². The first-order valence-electron chi connectivity index (χ1n) is 7.53. The van der Waals surface area contributed by atoms with Crippen molar-refractivity contribution < 1.29 is 14.3 Å². The molecule has 0 aromatic rings. The molecule has 2 atom stereocenters. The quantitative estimate of drug-likeness (QED) is 0.720. The molecule has 2 aliphatic rings. The highest BCUT2D eigenvalue weighted by atomic mass is 16.5. The number of methoxy groups -OCH3 is 1. The van der Waals surface area contributed by atoms with Crippen LogP contribution in [0.25, 0.3) is 0 Å². The number of nitrogens with one attached hydrogen (secondary N) is 1. The van der Waals surface area contributed by atoms with E-state index in [2.05, 4.69) is 19.2 Å². The minimum atomic E-state index is -0.535. The summed E-state index contributed by atoms with van der Waals surface area (Å²) in [5.41, 5.74) is -0.535. The predicted molar refractivity (Wildman–Crippen MR) is 74.0 cm³/mol. The predicted octanol–water partition coefficient (Wildman–Crippen LogP) is 2.27. The third-order valence-corrected chi connectivity index (χ3v) is 4.19. The van der Waals surface area contributed by atoms with Gasteiger partial charge in [-0.3, -0.25) is 10.1 Å². The van der Waals surface area contributed by atoms with Crippen LogP contribution in [0.2, 0.25) is 0 Å². The summed E-state index contributed by atoms with van der Waals surface area (Å²) in [4.78, 5) is 12.1. The molecule has 0 aliphatic heterocycles. The molecule has 110 valence electrons. The molecule has 0 radical (unpaired) electrons. The van der Waals surface area contributed by atoms with Crippen molar-refractivity contribution in [1.82, 2.24) is 5.32 Å². The van der Waals surface area contributed by atoms with Crippen LogP contribution in [-0.2, 0) is 14.3 Å². The number of carbonyl (C=O) groups excluding carboxylic acids is 1. The molecule has 1 N–H and O–H groups in total. The van der Waals surface area contributed by atoms with Gasteiger partial charge in [0, 0.05) is 19.1 Å². The zero-order valence-electron chi connectivity index (χ0n) is 12.4. The van der Waals surface area contributed by atoms with Crippen molar-refractivity contribution in [3.63, 3.8) is 0 Å². The molecule has 0 saturated heterocycles. The molecule has 4 heteroatoms. The van der Waals surface area contributed by atoms with Gasteiger partial charge >= 0.3 is 5.97 Å². The van der Waals surface area contributed by atoms with Crippen molar-refractivity contribution in [1.29, 1.82) is 0 Å². The van der Waals surface area contributed by atoms with Crippen LogP contribution < -0.4 is 5.32 Å². The Balaban J connectivity index is 1.84. The Labute approximate surface area is 116 Å². The fourth-order valence-corrected chi connectivity index (χ4v) is 3.07. The van der Waals surface area contributed by atoms with Crippen molar-refractivity contribution in [2.75, 3.05) is 13.7 Å². The van der Waals surface area contributed by atoms with E-state index in [-0.39, 0.29) is 18.1 Å². The molecule has 2 fully saturated rings. The summed E-state index contributed by atoms with van der Waals surface area (Å²) in [6.45, 7) is 4.96. The van der Waals surface area contributed by atoms with Gasteiger partial charge in [-0.1, -0.05) is 12.8 Å². The van der Waals surface area contributed by atoms with Crippen LogP contribution >= 0.6 is 0 Å². The number of carbonyl (C=O) groups is 1. The molecule has 2 unspecified atom stereocenters. The minimum absolute atomic E-state index is 0.144. The molecular weight excluding hydrogens is 242 g/mol. The lowest BCUT2D eigenvalue weighted by Gasteiger charge is -2.30. The van der Waals surface area contributed by atoms with Gasteiger partial charge in [-0.15, -0.1) is 0 Å². The second-order valence-corrected chi connectivity index (χ2v) is 6.34. The van der Waals surface area contributed by atoms with E-state index in [9.17, 15) is 4.79 Å². The van der Waals surface area contributed by atoms with E-state index in [0.717, 1.165) is 31.8 Å². The molecule has 0 heterocycles. The van der Waals surface area contributed by atoms with Crippen molar-refractivity contribution in [2.45, 2.75) is 70.1 Å². The largest absolute Gasteiger partial charge is 0.468 e. The molecule has 2 saturated carbocycles. The number of rotatable bonds is 7. The van der Waals surface area contributed by atoms with Crippen LogP contribution in [0.3, 0.4) is 0 Å². The number of hydrogen-bond donors (Lipinski definition) is 1. The fraction of sp³-hybridized carbons (Fsp3) is 0.933. The molecule has 2 aliphatic carbocycles. The normalized spacial score (nSPS) is 30.8. The van der Waals surface area contributed by atoms with E-state index in [4.69, 9.17) is 9.47 Å². The zero-order chi connectivity index (χ0) is 13.9. The molecular formula is C15H27NO3. The maximum absolute atomic E-state index is 12.1. The lowest BCUT2D eigenvalue weighted by molar-refractivity contribution is -0.149. The highest BCUT2D eigenvalue weighted by Crippen LogP contribution is 2.35. The third kappa shape index (κ3) is 3.93. The summed E-state index contributed by atoms with van der Waals surface area (Å²) >= 11 is 0. The first-order valence-corrected chi connectivity index (χ1v) is 7.53. The van der Waals surface area contributed by atoms with Gasteiger partial charge in [-0.2, -0.15) is 0 Å². The highest BCUT2D eigenvalue weighted by molar-refractivity contribution is 5.81.